The van der Waals surface area contributed by atoms with Gasteiger partial charge in [-0.2, -0.15) is 0 Å². The van der Waals surface area contributed by atoms with Crippen molar-refractivity contribution in [1.82, 2.24) is 24.4 Å². The monoisotopic (exact) mass is 607 g/mol. The van der Waals surface area contributed by atoms with E-state index >= 15 is 0 Å². The Morgan fingerprint density at radius 2 is 1.42 bits per heavy atom. The fourth-order valence-electron chi connectivity index (χ4n) is 6.29. The number of hydrogen-bond acceptors (Lipinski definition) is 4. The summed E-state index contributed by atoms with van der Waals surface area (Å²) in [6.07, 6.45) is 5.18. The van der Waals surface area contributed by atoms with Gasteiger partial charge in [0.25, 0.3) is 5.56 Å². The largest absolute Gasteiger partial charge is 0.326 e. The van der Waals surface area contributed by atoms with E-state index in [-0.39, 0.29) is 34.8 Å². The summed E-state index contributed by atoms with van der Waals surface area (Å²) in [5, 5.41) is 0.634. The minimum Gasteiger partial charge on any atom is -0.313 e. The van der Waals surface area contributed by atoms with Gasteiger partial charge in [0, 0.05) is 25.0 Å². The van der Waals surface area contributed by atoms with Crippen LogP contribution < -0.4 is 11.2 Å². The molecule has 0 saturated carbocycles. The zero-order valence-corrected chi connectivity index (χ0v) is 24.8. The van der Waals surface area contributed by atoms with Crippen LogP contribution in [0.4, 0.5) is 8.78 Å². The van der Waals surface area contributed by atoms with E-state index in [0.717, 1.165) is 73.0 Å². The average Bonchev–Trinajstić information content (AvgIpc) is 3.41. The summed E-state index contributed by atoms with van der Waals surface area (Å²) >= 11 is 0. The predicted octanol–water partition coefficient (Wildman–Crippen LogP) is 6.78. The molecule has 1 aliphatic heterocycles. The molecule has 4 aromatic carbocycles. The lowest BCUT2D eigenvalue weighted by molar-refractivity contribution is 0.183. The van der Waals surface area contributed by atoms with E-state index in [4.69, 9.17) is 0 Å². The molecule has 1 saturated heterocycles. The zero-order valence-electron chi connectivity index (χ0n) is 24.8. The number of benzene rings is 4. The number of halogens is 2. The number of nitrogens with one attached hydrogen (secondary N) is 2. The summed E-state index contributed by atoms with van der Waals surface area (Å²) in [5.74, 6) is -0.402. The minimum absolute atomic E-state index is 0.0268. The normalized spacial score (nSPS) is 14.1. The van der Waals surface area contributed by atoms with Crippen molar-refractivity contribution in [3.05, 3.63) is 147 Å². The van der Waals surface area contributed by atoms with Crippen LogP contribution in [0.1, 0.15) is 48.8 Å². The molecule has 0 aliphatic carbocycles. The first-order chi connectivity index (χ1) is 22.0. The molecule has 2 aromatic heterocycles. The highest BCUT2D eigenvalue weighted by Gasteiger charge is 2.24. The highest BCUT2D eigenvalue weighted by Crippen LogP contribution is 2.31. The molecule has 2 N–H and O–H groups in total. The Bertz CT molecular complexity index is 1920. The molecule has 0 bridgehead atoms. The number of H-pyrrole nitrogens is 2. The molecule has 9 heteroatoms. The number of imidazole rings is 1. The summed E-state index contributed by atoms with van der Waals surface area (Å²) in [4.78, 5) is 35.5. The van der Waals surface area contributed by atoms with Crippen LogP contribution in [-0.4, -0.2) is 44.1 Å². The second-order valence-electron chi connectivity index (χ2n) is 11.4. The van der Waals surface area contributed by atoms with Crippen molar-refractivity contribution >= 4 is 21.9 Å². The van der Waals surface area contributed by atoms with Crippen LogP contribution in [0.15, 0.2) is 113 Å². The Morgan fingerprint density at radius 1 is 0.800 bits per heavy atom. The maximum Gasteiger partial charge on any atom is 0.326 e. The highest BCUT2D eigenvalue weighted by atomic mass is 19.1. The molecule has 1 aliphatic rings. The van der Waals surface area contributed by atoms with Crippen LogP contribution in [0.5, 0.6) is 0 Å². The summed E-state index contributed by atoms with van der Waals surface area (Å²) in [6.45, 7) is 2.87. The highest BCUT2D eigenvalue weighted by molar-refractivity contribution is 5.76. The summed E-state index contributed by atoms with van der Waals surface area (Å²) < 4.78 is 28.9. The molecule has 0 radical (unpaired) electrons. The molecule has 0 spiro atoms. The number of aromatic amines is 2. The number of para-hydroxylation sites is 3. The number of rotatable bonds is 7. The number of piperidine rings is 1. The third-order valence-electron chi connectivity index (χ3n) is 8.61. The van der Waals surface area contributed by atoms with Crippen molar-refractivity contribution in [3.8, 4) is 0 Å². The van der Waals surface area contributed by atoms with Crippen LogP contribution in [-0.2, 0) is 0 Å². The lowest BCUT2D eigenvalue weighted by Gasteiger charge is -2.32. The molecule has 7 rings (SSSR count). The smallest absolute Gasteiger partial charge is 0.313 e. The molecular weight excluding hydrogens is 572 g/mol. The maximum absolute atomic E-state index is 13.5. The van der Waals surface area contributed by atoms with Gasteiger partial charge in [-0.15, -0.1) is 0 Å². The molecule has 6 aromatic rings. The third kappa shape index (κ3) is 7.10. The standard InChI is InChI=1S/C28H29F2N3O.C8H6N2O/c29-22-11-7-20(8-12-22)25(21-9-13-23(30)14-10-21)4-3-17-32-18-15-24(16-19-32)33-27-6-2-1-5-26(27)31-28(33)34;11-8-6-3-1-2-4-7(6)9-5-10-8/h1-2,5-14,24-25H,3-4,15-19H2,(H,31,34);1-5H,(H,9,10,11). The average molecular weight is 608 g/mol. The predicted molar refractivity (Wildman–Crippen MR) is 174 cm³/mol. The summed E-state index contributed by atoms with van der Waals surface area (Å²) in [7, 11) is 0. The first-order valence-corrected chi connectivity index (χ1v) is 15.3. The van der Waals surface area contributed by atoms with Gasteiger partial charge in [0.1, 0.15) is 11.6 Å². The molecule has 230 valence electrons. The Labute approximate surface area is 259 Å². The van der Waals surface area contributed by atoms with Crippen molar-refractivity contribution in [2.75, 3.05) is 19.6 Å². The molecular formula is C36H35F2N5O2. The maximum atomic E-state index is 13.5. The van der Waals surface area contributed by atoms with E-state index in [0.29, 0.717) is 5.39 Å². The first kappa shape index (κ1) is 30.1. The van der Waals surface area contributed by atoms with E-state index in [9.17, 15) is 18.4 Å². The molecule has 0 atom stereocenters. The van der Waals surface area contributed by atoms with Gasteiger partial charge in [0.15, 0.2) is 0 Å². The minimum atomic E-state index is -0.251. The van der Waals surface area contributed by atoms with Crippen LogP contribution >= 0.6 is 0 Å². The van der Waals surface area contributed by atoms with Gasteiger partial charge in [0.2, 0.25) is 0 Å². The number of fused-ring (bicyclic) bond motifs is 2. The first-order valence-electron chi connectivity index (χ1n) is 15.3. The van der Waals surface area contributed by atoms with E-state index in [2.05, 4.69) is 19.9 Å². The van der Waals surface area contributed by atoms with Gasteiger partial charge in [-0.05, 0) is 91.9 Å². The Morgan fingerprint density at radius 3 is 2.09 bits per heavy atom. The van der Waals surface area contributed by atoms with Gasteiger partial charge in [0.05, 0.1) is 28.3 Å². The summed E-state index contributed by atoms with van der Waals surface area (Å²) in [6, 6.07) is 28.6. The van der Waals surface area contributed by atoms with Gasteiger partial charge in [-0.3, -0.25) is 9.36 Å². The Hall–Kier alpha value is -4.89. The lowest BCUT2D eigenvalue weighted by Crippen LogP contribution is -2.37. The second kappa shape index (κ2) is 13.8. The van der Waals surface area contributed by atoms with Gasteiger partial charge in [-0.1, -0.05) is 48.5 Å². The third-order valence-corrected chi connectivity index (χ3v) is 8.61. The van der Waals surface area contributed by atoms with E-state index in [1.54, 1.807) is 6.07 Å². The van der Waals surface area contributed by atoms with E-state index in [1.165, 1.54) is 30.6 Å². The number of likely N-dealkylation sites (tertiary alicyclic amines) is 1. The van der Waals surface area contributed by atoms with Crippen LogP contribution in [0.25, 0.3) is 21.9 Å². The fourth-order valence-corrected chi connectivity index (χ4v) is 6.29. The second-order valence-corrected chi connectivity index (χ2v) is 11.4. The Kier molecular flexibility index (Phi) is 9.26. The van der Waals surface area contributed by atoms with Gasteiger partial charge < -0.3 is 14.9 Å². The number of aromatic nitrogens is 4. The molecule has 3 heterocycles. The van der Waals surface area contributed by atoms with Crippen LogP contribution in [0, 0.1) is 11.6 Å². The quantitative estimate of drug-likeness (QED) is 0.210. The SMILES string of the molecule is O=c1[nH]c2ccccc2n1C1CCN(CCCC(c2ccc(F)cc2)c2ccc(F)cc2)CC1.O=c1[nH]cnc2ccccc12. The van der Waals surface area contributed by atoms with Crippen molar-refractivity contribution < 1.29 is 8.78 Å². The topological polar surface area (TPSA) is 86.8 Å². The zero-order chi connectivity index (χ0) is 31.2. The van der Waals surface area contributed by atoms with Crippen LogP contribution in [0.2, 0.25) is 0 Å². The molecule has 45 heavy (non-hydrogen) atoms. The van der Waals surface area contributed by atoms with Crippen molar-refractivity contribution in [3.63, 3.8) is 0 Å². The molecule has 0 unspecified atom stereocenters. The molecule has 1 fully saturated rings. The fraction of sp³-hybridized carbons (Fsp3) is 0.250. The van der Waals surface area contributed by atoms with Gasteiger partial charge in [-0.25, -0.2) is 18.6 Å². The van der Waals surface area contributed by atoms with Crippen molar-refractivity contribution in [1.29, 1.82) is 0 Å². The number of nitrogens with zero attached hydrogens (tertiary/aromatic N) is 3. The van der Waals surface area contributed by atoms with E-state index in [1.807, 2.05) is 71.3 Å². The molecule has 0 amide bonds. The van der Waals surface area contributed by atoms with Crippen LogP contribution in [0.3, 0.4) is 0 Å². The molecule has 7 nitrogen and oxygen atoms in total. The Balaban J connectivity index is 0.000000272. The van der Waals surface area contributed by atoms with Crippen molar-refractivity contribution in [2.45, 2.75) is 37.6 Å². The summed E-state index contributed by atoms with van der Waals surface area (Å²) in [5.41, 5.74) is 4.58. The van der Waals surface area contributed by atoms with Gasteiger partial charge >= 0.3 is 5.69 Å². The van der Waals surface area contributed by atoms with E-state index < -0.39 is 0 Å². The lowest BCUT2D eigenvalue weighted by atomic mass is 9.87. The van der Waals surface area contributed by atoms with Crippen molar-refractivity contribution in [2.24, 2.45) is 0 Å². The number of hydrogen-bond donors (Lipinski definition) is 2.